The van der Waals surface area contributed by atoms with E-state index < -0.39 is 0 Å². The Balaban J connectivity index is 1.79. The normalized spacial score (nSPS) is 30.3. The zero-order valence-corrected chi connectivity index (χ0v) is 14.6. The minimum Gasteiger partial charge on any atom is -0.497 e. The van der Waals surface area contributed by atoms with E-state index in [0.717, 1.165) is 18.0 Å². The van der Waals surface area contributed by atoms with Crippen molar-refractivity contribution in [1.82, 2.24) is 4.90 Å². The maximum absolute atomic E-state index is 5.40. The fourth-order valence-electron chi connectivity index (χ4n) is 4.95. The van der Waals surface area contributed by atoms with Crippen LogP contribution in [0.15, 0.2) is 18.2 Å². The third-order valence-corrected chi connectivity index (χ3v) is 5.32. The van der Waals surface area contributed by atoms with Gasteiger partial charge in [0.05, 0.1) is 14.2 Å². The molecule has 3 nitrogen and oxygen atoms in total. The second-order valence-electron chi connectivity index (χ2n) is 8.34. The Morgan fingerprint density at radius 1 is 1.05 bits per heavy atom. The maximum Gasteiger partial charge on any atom is 0.122 e. The van der Waals surface area contributed by atoms with Crippen LogP contribution in [0, 0.1) is 10.8 Å². The number of hydrogen-bond donors (Lipinski definition) is 0. The van der Waals surface area contributed by atoms with Crippen molar-refractivity contribution < 1.29 is 9.47 Å². The van der Waals surface area contributed by atoms with Gasteiger partial charge in [-0.1, -0.05) is 20.8 Å². The van der Waals surface area contributed by atoms with Gasteiger partial charge in [0.1, 0.15) is 11.5 Å². The van der Waals surface area contributed by atoms with Gasteiger partial charge in [0.15, 0.2) is 0 Å². The van der Waals surface area contributed by atoms with E-state index in [1.807, 2.05) is 6.07 Å². The summed E-state index contributed by atoms with van der Waals surface area (Å²) in [6, 6.07) is 6.93. The summed E-state index contributed by atoms with van der Waals surface area (Å²) in [4.78, 5) is 2.67. The molecular formula is C19H29NO2. The highest BCUT2D eigenvalue weighted by Crippen LogP contribution is 2.52. The lowest BCUT2D eigenvalue weighted by atomic mass is 9.65. The Morgan fingerprint density at radius 3 is 2.27 bits per heavy atom. The van der Waals surface area contributed by atoms with Crippen LogP contribution in [0.5, 0.6) is 11.5 Å². The van der Waals surface area contributed by atoms with Gasteiger partial charge >= 0.3 is 0 Å². The zero-order chi connectivity index (χ0) is 16.0. The number of fused-ring (bicyclic) bond motifs is 2. The molecule has 2 atom stereocenters. The maximum atomic E-state index is 5.40. The molecule has 1 aromatic rings. The molecule has 2 fully saturated rings. The minimum atomic E-state index is 0.471. The fourth-order valence-corrected chi connectivity index (χ4v) is 4.95. The molecule has 1 aromatic carbocycles. The molecule has 1 saturated heterocycles. The van der Waals surface area contributed by atoms with Crippen LogP contribution < -0.4 is 9.47 Å². The van der Waals surface area contributed by atoms with Crippen LogP contribution in [0.3, 0.4) is 0 Å². The lowest BCUT2D eigenvalue weighted by molar-refractivity contribution is 0.126. The van der Waals surface area contributed by atoms with Crippen LogP contribution in [-0.4, -0.2) is 31.7 Å². The number of likely N-dealkylation sites (tertiary alicyclic amines) is 1. The van der Waals surface area contributed by atoms with E-state index in [0.29, 0.717) is 16.9 Å². The van der Waals surface area contributed by atoms with Crippen LogP contribution in [-0.2, 0) is 6.54 Å². The summed E-state index contributed by atoms with van der Waals surface area (Å²) in [5, 5.41) is 0. The standard InChI is InChI=1S/C19H29NO2/c1-18(2)9-15-10-19(3,12-18)13-20(15)11-14-6-16(21-4)8-17(7-14)22-5/h6-8,15H,9-13H2,1-5H3/t15-,19-/m1/s1. The van der Waals surface area contributed by atoms with Crippen LogP contribution in [0.2, 0.25) is 0 Å². The number of ether oxygens (including phenoxy) is 2. The highest BCUT2D eigenvalue weighted by atomic mass is 16.5. The summed E-state index contributed by atoms with van der Waals surface area (Å²) in [6.45, 7) is 9.52. The van der Waals surface area contributed by atoms with Crippen molar-refractivity contribution in [3.8, 4) is 11.5 Å². The predicted molar refractivity (Wildman–Crippen MR) is 89.5 cm³/mol. The molecule has 1 heterocycles. The molecule has 2 aliphatic rings. The SMILES string of the molecule is COc1cc(CN2C[C@]3(C)C[C@H]2CC(C)(C)C3)cc(OC)c1. The monoisotopic (exact) mass is 303 g/mol. The van der Waals surface area contributed by atoms with Crippen molar-refractivity contribution in [3.05, 3.63) is 23.8 Å². The lowest BCUT2D eigenvalue weighted by Gasteiger charge is -2.40. The largest absolute Gasteiger partial charge is 0.497 e. The Hall–Kier alpha value is -1.22. The first kappa shape index (κ1) is 15.7. The molecule has 1 aliphatic carbocycles. The van der Waals surface area contributed by atoms with E-state index >= 15 is 0 Å². The first-order valence-corrected chi connectivity index (χ1v) is 8.29. The summed E-state index contributed by atoms with van der Waals surface area (Å²) in [7, 11) is 3.43. The van der Waals surface area contributed by atoms with Gasteiger partial charge in [0.2, 0.25) is 0 Å². The van der Waals surface area contributed by atoms with Crippen molar-refractivity contribution >= 4 is 0 Å². The number of hydrogen-bond acceptors (Lipinski definition) is 3. The van der Waals surface area contributed by atoms with Gasteiger partial charge < -0.3 is 9.47 Å². The molecule has 22 heavy (non-hydrogen) atoms. The Labute approximate surface area is 134 Å². The van der Waals surface area contributed by atoms with Crippen LogP contribution in [0.1, 0.15) is 45.6 Å². The Kier molecular flexibility index (Phi) is 3.88. The van der Waals surface area contributed by atoms with Crippen molar-refractivity contribution in [2.75, 3.05) is 20.8 Å². The fraction of sp³-hybridized carbons (Fsp3) is 0.684. The molecular weight excluding hydrogens is 274 g/mol. The predicted octanol–water partition coefficient (Wildman–Crippen LogP) is 4.10. The first-order valence-electron chi connectivity index (χ1n) is 8.29. The van der Waals surface area contributed by atoms with Gasteiger partial charge in [-0.3, -0.25) is 4.90 Å². The summed E-state index contributed by atoms with van der Waals surface area (Å²) in [6.07, 6.45) is 4.00. The smallest absolute Gasteiger partial charge is 0.122 e. The highest BCUT2D eigenvalue weighted by Gasteiger charge is 2.49. The van der Waals surface area contributed by atoms with Gasteiger partial charge in [0, 0.05) is 25.2 Å². The minimum absolute atomic E-state index is 0.471. The molecule has 3 heteroatoms. The van der Waals surface area contributed by atoms with Crippen molar-refractivity contribution in [2.45, 2.75) is 52.6 Å². The zero-order valence-electron chi connectivity index (χ0n) is 14.6. The number of benzene rings is 1. The summed E-state index contributed by atoms with van der Waals surface area (Å²) in [5.41, 5.74) is 2.23. The van der Waals surface area contributed by atoms with Gasteiger partial charge in [-0.05, 0) is 47.8 Å². The van der Waals surface area contributed by atoms with Crippen molar-refractivity contribution in [1.29, 1.82) is 0 Å². The topological polar surface area (TPSA) is 21.7 Å². The molecule has 0 N–H and O–H groups in total. The molecule has 0 spiro atoms. The molecule has 1 aliphatic heterocycles. The van der Waals surface area contributed by atoms with E-state index in [-0.39, 0.29) is 0 Å². The van der Waals surface area contributed by atoms with Gasteiger partial charge in [0.25, 0.3) is 0 Å². The molecule has 0 aromatic heterocycles. The Bertz CT molecular complexity index is 532. The summed E-state index contributed by atoms with van der Waals surface area (Å²) in [5.74, 6) is 1.76. The molecule has 3 rings (SSSR count). The van der Waals surface area contributed by atoms with Crippen molar-refractivity contribution in [2.24, 2.45) is 10.8 Å². The van der Waals surface area contributed by atoms with Crippen LogP contribution >= 0.6 is 0 Å². The summed E-state index contributed by atoms with van der Waals surface area (Å²) < 4.78 is 10.8. The lowest BCUT2D eigenvalue weighted by Crippen LogP contribution is -2.34. The Morgan fingerprint density at radius 2 is 1.68 bits per heavy atom. The molecule has 122 valence electrons. The third-order valence-electron chi connectivity index (χ3n) is 5.32. The summed E-state index contributed by atoms with van der Waals surface area (Å²) >= 11 is 0. The number of nitrogens with zero attached hydrogens (tertiary/aromatic N) is 1. The average Bonchev–Trinajstić information content (AvgIpc) is 2.66. The van der Waals surface area contributed by atoms with Gasteiger partial charge in [-0.25, -0.2) is 0 Å². The molecule has 0 radical (unpaired) electrons. The second-order valence-corrected chi connectivity index (χ2v) is 8.34. The molecule has 0 amide bonds. The van der Waals surface area contributed by atoms with Crippen LogP contribution in [0.25, 0.3) is 0 Å². The molecule has 1 saturated carbocycles. The number of methoxy groups -OCH3 is 2. The van der Waals surface area contributed by atoms with E-state index in [4.69, 9.17) is 9.47 Å². The average molecular weight is 303 g/mol. The molecule has 2 bridgehead atoms. The van der Waals surface area contributed by atoms with E-state index in [2.05, 4.69) is 37.8 Å². The quantitative estimate of drug-likeness (QED) is 0.835. The highest BCUT2D eigenvalue weighted by molar-refractivity contribution is 5.38. The van der Waals surface area contributed by atoms with E-state index in [1.165, 1.54) is 31.4 Å². The first-order chi connectivity index (χ1) is 10.3. The van der Waals surface area contributed by atoms with Crippen LogP contribution in [0.4, 0.5) is 0 Å². The van der Waals surface area contributed by atoms with Gasteiger partial charge in [-0.15, -0.1) is 0 Å². The van der Waals surface area contributed by atoms with Gasteiger partial charge in [-0.2, -0.15) is 0 Å². The van der Waals surface area contributed by atoms with Crippen molar-refractivity contribution in [3.63, 3.8) is 0 Å². The third kappa shape index (κ3) is 3.10. The van der Waals surface area contributed by atoms with E-state index in [9.17, 15) is 0 Å². The molecule has 0 unspecified atom stereocenters. The number of rotatable bonds is 4. The second kappa shape index (κ2) is 5.45. The van der Waals surface area contributed by atoms with E-state index in [1.54, 1.807) is 14.2 Å².